The lowest BCUT2D eigenvalue weighted by atomic mass is 10.0. The van der Waals surface area contributed by atoms with E-state index in [2.05, 4.69) is 24.7 Å². The smallest absolute Gasteiger partial charge is 0.305 e. The first kappa shape index (κ1) is 15.6. The summed E-state index contributed by atoms with van der Waals surface area (Å²) in [6, 6.07) is 10.6. The summed E-state index contributed by atoms with van der Waals surface area (Å²) in [6.07, 6.45) is 1.38. The molecule has 0 aliphatic carbocycles. The predicted molar refractivity (Wildman–Crippen MR) is 80.3 cm³/mol. The Morgan fingerprint density at radius 1 is 1.14 bits per heavy atom. The Labute approximate surface area is 128 Å². The van der Waals surface area contributed by atoms with Gasteiger partial charge < -0.3 is 9.15 Å². The lowest BCUT2D eigenvalue weighted by Crippen LogP contribution is -2.43. The van der Waals surface area contributed by atoms with Gasteiger partial charge in [-0.1, -0.05) is 26.0 Å². The molecule has 0 saturated heterocycles. The summed E-state index contributed by atoms with van der Waals surface area (Å²) in [5.74, 6) is 0.157. The van der Waals surface area contributed by atoms with E-state index in [0.29, 0.717) is 11.7 Å². The number of hydrogen-bond donors (Lipinski definition) is 2. The first-order valence-corrected chi connectivity index (χ1v) is 6.91. The van der Waals surface area contributed by atoms with Gasteiger partial charge in [0.25, 0.3) is 5.91 Å². The van der Waals surface area contributed by atoms with E-state index < -0.39 is 11.8 Å². The molecule has 0 radical (unpaired) electrons. The van der Waals surface area contributed by atoms with E-state index >= 15 is 0 Å². The van der Waals surface area contributed by atoms with E-state index in [-0.39, 0.29) is 12.4 Å². The molecule has 0 saturated carbocycles. The number of amides is 2. The highest BCUT2D eigenvalue weighted by atomic mass is 16.5. The molecule has 6 heteroatoms. The maximum absolute atomic E-state index is 11.6. The molecular weight excluding hydrogens is 284 g/mol. The lowest BCUT2D eigenvalue weighted by Gasteiger charge is -2.09. The van der Waals surface area contributed by atoms with Crippen LogP contribution in [0.3, 0.4) is 0 Å². The minimum atomic E-state index is -0.528. The minimum Gasteiger partial charge on any atom is -0.484 e. The highest BCUT2D eigenvalue weighted by Crippen LogP contribution is 2.18. The van der Waals surface area contributed by atoms with Crippen LogP contribution in [0.4, 0.5) is 0 Å². The van der Waals surface area contributed by atoms with Crippen molar-refractivity contribution >= 4 is 11.8 Å². The fourth-order valence-corrected chi connectivity index (χ4v) is 1.73. The Balaban J connectivity index is 1.74. The molecule has 0 aliphatic heterocycles. The van der Waals surface area contributed by atoms with Crippen LogP contribution in [0.15, 0.2) is 47.1 Å². The van der Waals surface area contributed by atoms with Gasteiger partial charge in [-0.05, 0) is 35.7 Å². The topological polar surface area (TPSA) is 80.6 Å². The monoisotopic (exact) mass is 302 g/mol. The van der Waals surface area contributed by atoms with Gasteiger partial charge in [-0.2, -0.15) is 0 Å². The van der Waals surface area contributed by atoms with E-state index in [9.17, 15) is 9.59 Å². The van der Waals surface area contributed by atoms with Crippen molar-refractivity contribution in [3.05, 3.63) is 54.0 Å². The van der Waals surface area contributed by atoms with Crippen LogP contribution in [0, 0.1) is 0 Å². The molecule has 116 valence electrons. The first-order valence-electron chi connectivity index (χ1n) is 6.91. The number of hydrogen-bond acceptors (Lipinski definition) is 4. The van der Waals surface area contributed by atoms with Crippen LogP contribution in [0.2, 0.25) is 0 Å². The second-order valence-corrected chi connectivity index (χ2v) is 4.99. The largest absolute Gasteiger partial charge is 0.484 e. The van der Waals surface area contributed by atoms with Gasteiger partial charge in [0.15, 0.2) is 12.4 Å². The number of carbonyl (C=O) groups excluding carboxylic acids is 2. The Bertz CT molecular complexity index is 618. The zero-order valence-corrected chi connectivity index (χ0v) is 12.5. The van der Waals surface area contributed by atoms with Gasteiger partial charge in [0.05, 0.1) is 6.26 Å². The van der Waals surface area contributed by atoms with Gasteiger partial charge in [-0.25, -0.2) is 0 Å². The quantitative estimate of drug-likeness (QED) is 0.830. The number of hydrazine groups is 1. The summed E-state index contributed by atoms with van der Waals surface area (Å²) in [4.78, 5) is 23.1. The molecule has 1 aromatic carbocycles. The normalized spacial score (nSPS) is 10.3. The van der Waals surface area contributed by atoms with E-state index in [0.717, 1.165) is 0 Å². The second-order valence-electron chi connectivity index (χ2n) is 4.99. The van der Waals surface area contributed by atoms with Crippen molar-refractivity contribution in [1.29, 1.82) is 0 Å². The summed E-state index contributed by atoms with van der Waals surface area (Å²) < 4.78 is 10.2. The summed E-state index contributed by atoms with van der Waals surface area (Å²) in [7, 11) is 0. The Morgan fingerprint density at radius 2 is 1.86 bits per heavy atom. The van der Waals surface area contributed by atoms with Crippen LogP contribution in [0.1, 0.15) is 35.9 Å². The molecule has 2 aromatic rings. The van der Waals surface area contributed by atoms with Crippen LogP contribution in [0.25, 0.3) is 0 Å². The minimum absolute atomic E-state index is 0.116. The number of rotatable bonds is 5. The third kappa shape index (κ3) is 4.37. The van der Waals surface area contributed by atoms with Crippen LogP contribution in [-0.2, 0) is 4.79 Å². The Hall–Kier alpha value is -2.76. The maximum atomic E-state index is 11.6. The molecule has 2 rings (SSSR count). The molecule has 0 bridgehead atoms. The standard InChI is InChI=1S/C16H18N2O4/c1-11(2)12-5-7-13(8-6-12)22-10-15(19)17-18-16(20)14-4-3-9-21-14/h3-9,11H,10H2,1-2H3,(H,17,19)(H,18,20). The average Bonchev–Trinajstić information content (AvgIpc) is 3.05. The van der Waals surface area contributed by atoms with Crippen molar-refractivity contribution in [2.45, 2.75) is 19.8 Å². The molecule has 0 spiro atoms. The number of benzene rings is 1. The summed E-state index contributed by atoms with van der Waals surface area (Å²) >= 11 is 0. The molecule has 2 N–H and O–H groups in total. The highest BCUT2D eigenvalue weighted by molar-refractivity contribution is 5.92. The van der Waals surface area contributed by atoms with Crippen molar-refractivity contribution in [2.24, 2.45) is 0 Å². The first-order chi connectivity index (χ1) is 10.6. The molecule has 1 aromatic heterocycles. The van der Waals surface area contributed by atoms with E-state index in [1.807, 2.05) is 24.3 Å². The molecule has 0 aliphatic rings. The third-order valence-electron chi connectivity index (χ3n) is 2.98. The van der Waals surface area contributed by atoms with Gasteiger partial charge in [0, 0.05) is 0 Å². The highest BCUT2D eigenvalue weighted by Gasteiger charge is 2.10. The van der Waals surface area contributed by atoms with Gasteiger partial charge in [0.1, 0.15) is 5.75 Å². The zero-order valence-electron chi connectivity index (χ0n) is 12.5. The van der Waals surface area contributed by atoms with Crippen molar-refractivity contribution in [3.8, 4) is 5.75 Å². The fraction of sp³-hybridized carbons (Fsp3) is 0.250. The molecular formula is C16H18N2O4. The number of ether oxygens (including phenoxy) is 1. The Morgan fingerprint density at radius 3 is 2.45 bits per heavy atom. The molecule has 6 nitrogen and oxygen atoms in total. The van der Waals surface area contributed by atoms with Gasteiger partial charge in [-0.15, -0.1) is 0 Å². The molecule has 0 unspecified atom stereocenters. The number of carbonyl (C=O) groups is 2. The molecule has 1 heterocycles. The molecule has 2 amide bonds. The van der Waals surface area contributed by atoms with Gasteiger partial charge in [0.2, 0.25) is 0 Å². The maximum Gasteiger partial charge on any atom is 0.305 e. The van der Waals surface area contributed by atoms with Crippen molar-refractivity contribution < 1.29 is 18.7 Å². The van der Waals surface area contributed by atoms with Gasteiger partial charge in [-0.3, -0.25) is 20.4 Å². The number of furan rings is 1. The second kappa shape index (κ2) is 7.31. The van der Waals surface area contributed by atoms with Crippen LogP contribution >= 0.6 is 0 Å². The zero-order chi connectivity index (χ0) is 15.9. The lowest BCUT2D eigenvalue weighted by molar-refractivity contribution is -0.123. The van der Waals surface area contributed by atoms with Crippen LogP contribution in [-0.4, -0.2) is 18.4 Å². The third-order valence-corrected chi connectivity index (χ3v) is 2.98. The van der Waals surface area contributed by atoms with Gasteiger partial charge >= 0.3 is 5.91 Å². The van der Waals surface area contributed by atoms with Crippen molar-refractivity contribution in [3.63, 3.8) is 0 Å². The average molecular weight is 302 g/mol. The Kier molecular flexibility index (Phi) is 5.19. The van der Waals surface area contributed by atoms with Crippen LogP contribution in [0.5, 0.6) is 5.75 Å². The van der Waals surface area contributed by atoms with E-state index in [4.69, 9.17) is 9.15 Å². The summed E-state index contributed by atoms with van der Waals surface area (Å²) in [5, 5.41) is 0. The van der Waals surface area contributed by atoms with Crippen LogP contribution < -0.4 is 15.6 Å². The fourth-order valence-electron chi connectivity index (χ4n) is 1.73. The SMILES string of the molecule is CC(C)c1ccc(OCC(=O)NNC(=O)c2ccco2)cc1. The van der Waals surface area contributed by atoms with E-state index in [1.54, 1.807) is 6.07 Å². The summed E-state index contributed by atoms with van der Waals surface area (Å²) in [6.45, 7) is 4.01. The van der Waals surface area contributed by atoms with E-state index in [1.165, 1.54) is 17.9 Å². The van der Waals surface area contributed by atoms with Crippen molar-refractivity contribution in [1.82, 2.24) is 10.9 Å². The number of nitrogens with one attached hydrogen (secondary N) is 2. The molecule has 22 heavy (non-hydrogen) atoms. The molecule has 0 fully saturated rings. The molecule has 0 atom stereocenters. The predicted octanol–water partition coefficient (Wildman–Crippen LogP) is 2.24. The van der Waals surface area contributed by atoms with Crippen molar-refractivity contribution in [2.75, 3.05) is 6.61 Å². The summed E-state index contributed by atoms with van der Waals surface area (Å²) in [5.41, 5.74) is 5.68.